The van der Waals surface area contributed by atoms with E-state index < -0.39 is 12.0 Å². The number of hydrogen-bond donors (Lipinski definition) is 2. The highest BCUT2D eigenvalue weighted by Crippen LogP contribution is 2.24. The van der Waals surface area contributed by atoms with Gasteiger partial charge in [-0.15, -0.1) is 0 Å². The van der Waals surface area contributed by atoms with Crippen LogP contribution >= 0.6 is 0 Å². The molecule has 0 radical (unpaired) electrons. The van der Waals surface area contributed by atoms with E-state index in [2.05, 4.69) is 9.88 Å². The number of rotatable bonds is 3. The third-order valence-corrected chi connectivity index (χ3v) is 4.41. The molecular weight excluding hydrogens is 284 g/mol. The molecule has 22 heavy (non-hydrogen) atoms. The number of ether oxygens (including phenoxy) is 1. The maximum absolute atomic E-state index is 11.5. The van der Waals surface area contributed by atoms with Gasteiger partial charge in [-0.1, -0.05) is 0 Å². The summed E-state index contributed by atoms with van der Waals surface area (Å²) in [4.78, 5) is 20.0. The van der Waals surface area contributed by atoms with Crippen molar-refractivity contribution < 1.29 is 14.6 Å². The number of nitrogens with zero attached hydrogens (tertiary/aromatic N) is 3. The Labute approximate surface area is 129 Å². The van der Waals surface area contributed by atoms with Crippen molar-refractivity contribution in [1.82, 2.24) is 9.88 Å². The Hall–Kier alpha value is -1.70. The van der Waals surface area contributed by atoms with Gasteiger partial charge in [-0.3, -0.25) is 9.69 Å². The number of amides is 1. The number of primary amides is 1. The van der Waals surface area contributed by atoms with Crippen LogP contribution < -0.4 is 10.6 Å². The average molecular weight is 306 g/mol. The second-order valence-corrected chi connectivity index (χ2v) is 5.76. The van der Waals surface area contributed by atoms with Gasteiger partial charge in [-0.25, -0.2) is 4.98 Å². The molecule has 2 aliphatic rings. The first-order chi connectivity index (χ1) is 10.7. The zero-order valence-electron chi connectivity index (χ0n) is 12.5. The number of hydrogen-bond acceptors (Lipinski definition) is 6. The number of aromatic nitrogens is 1. The minimum Gasteiger partial charge on any atom is -0.390 e. The normalized spacial score (nSPS) is 26.9. The third-order valence-electron chi connectivity index (χ3n) is 4.41. The number of β-amino-alcohol motifs (C(OH)–C–C–N with tert-alkyl or cyclic N) is 1. The highest BCUT2D eigenvalue weighted by atomic mass is 16.5. The quantitative estimate of drug-likeness (QED) is 0.779. The average Bonchev–Trinajstić information content (AvgIpc) is 2.55. The number of morpholine rings is 1. The first-order valence-electron chi connectivity index (χ1n) is 7.66. The summed E-state index contributed by atoms with van der Waals surface area (Å²) in [6.45, 7) is 4.36. The van der Waals surface area contributed by atoms with E-state index in [0.717, 1.165) is 39.3 Å². The highest BCUT2D eigenvalue weighted by molar-refractivity contribution is 5.97. The van der Waals surface area contributed by atoms with E-state index in [4.69, 9.17) is 10.5 Å². The molecule has 2 fully saturated rings. The Balaban J connectivity index is 1.71. The first kappa shape index (κ1) is 15.2. The van der Waals surface area contributed by atoms with Crippen LogP contribution in [0.15, 0.2) is 18.3 Å². The van der Waals surface area contributed by atoms with Crippen molar-refractivity contribution in [3.8, 4) is 0 Å². The molecule has 120 valence electrons. The van der Waals surface area contributed by atoms with E-state index in [1.807, 2.05) is 4.90 Å². The maximum Gasteiger partial charge on any atom is 0.252 e. The number of aliphatic hydroxyl groups is 1. The summed E-state index contributed by atoms with van der Waals surface area (Å²) >= 11 is 0. The Morgan fingerprint density at radius 1 is 1.36 bits per heavy atom. The van der Waals surface area contributed by atoms with Gasteiger partial charge in [0.05, 0.1) is 24.9 Å². The summed E-state index contributed by atoms with van der Waals surface area (Å²) in [5.74, 6) is 0.0716. The molecule has 3 rings (SSSR count). The number of nitrogens with two attached hydrogens (primary N) is 1. The fourth-order valence-electron chi connectivity index (χ4n) is 3.29. The first-order valence-corrected chi connectivity index (χ1v) is 7.66. The Morgan fingerprint density at radius 3 is 2.82 bits per heavy atom. The number of piperidine rings is 1. The van der Waals surface area contributed by atoms with Crippen LogP contribution in [0, 0.1) is 0 Å². The molecule has 0 spiro atoms. The van der Waals surface area contributed by atoms with E-state index >= 15 is 0 Å². The molecule has 1 amide bonds. The van der Waals surface area contributed by atoms with Crippen LogP contribution in [0.4, 0.5) is 5.82 Å². The van der Waals surface area contributed by atoms with Crippen molar-refractivity contribution in [2.24, 2.45) is 5.73 Å². The van der Waals surface area contributed by atoms with Gasteiger partial charge in [-0.2, -0.15) is 0 Å². The van der Waals surface area contributed by atoms with Crippen molar-refractivity contribution in [1.29, 1.82) is 0 Å². The van der Waals surface area contributed by atoms with Crippen molar-refractivity contribution in [2.45, 2.75) is 18.6 Å². The van der Waals surface area contributed by atoms with Gasteiger partial charge in [-0.05, 0) is 18.6 Å². The van der Waals surface area contributed by atoms with Gasteiger partial charge in [0.25, 0.3) is 5.91 Å². The largest absolute Gasteiger partial charge is 0.390 e. The number of aliphatic hydroxyl groups excluding tert-OH is 1. The molecule has 7 heteroatoms. The van der Waals surface area contributed by atoms with Crippen molar-refractivity contribution >= 4 is 11.7 Å². The number of carbonyl (C=O) groups excluding carboxylic acids is 1. The number of anilines is 1. The van der Waals surface area contributed by atoms with Crippen LogP contribution in [0.1, 0.15) is 16.8 Å². The minimum absolute atomic E-state index is 0.140. The van der Waals surface area contributed by atoms with Crippen LogP contribution in [0.5, 0.6) is 0 Å². The molecule has 0 bridgehead atoms. The van der Waals surface area contributed by atoms with Gasteiger partial charge in [0, 0.05) is 38.4 Å². The third kappa shape index (κ3) is 3.06. The van der Waals surface area contributed by atoms with E-state index in [0.29, 0.717) is 17.9 Å². The van der Waals surface area contributed by atoms with E-state index in [1.165, 1.54) is 0 Å². The fourth-order valence-corrected chi connectivity index (χ4v) is 3.29. The summed E-state index contributed by atoms with van der Waals surface area (Å²) in [6.07, 6.45) is 1.99. The molecule has 1 aromatic heterocycles. The lowest BCUT2D eigenvalue weighted by atomic mass is 9.99. The molecule has 1 aromatic rings. The van der Waals surface area contributed by atoms with Gasteiger partial charge in [0.1, 0.15) is 5.82 Å². The number of pyridine rings is 1. The smallest absolute Gasteiger partial charge is 0.252 e. The van der Waals surface area contributed by atoms with Gasteiger partial charge < -0.3 is 20.5 Å². The van der Waals surface area contributed by atoms with Crippen LogP contribution in [0.25, 0.3) is 0 Å². The van der Waals surface area contributed by atoms with E-state index in [1.54, 1.807) is 18.3 Å². The number of carbonyl (C=O) groups is 1. The molecule has 3 N–H and O–H groups in total. The maximum atomic E-state index is 11.5. The monoisotopic (exact) mass is 306 g/mol. The SMILES string of the molecule is NC(=O)c1cccnc1N1CC[C@H](N2CCOCC2)[C@@H](O)C1. The van der Waals surface area contributed by atoms with Crippen LogP contribution in [0.3, 0.4) is 0 Å². The van der Waals surface area contributed by atoms with Crippen LogP contribution in [-0.4, -0.2) is 72.4 Å². The summed E-state index contributed by atoms with van der Waals surface area (Å²) in [5, 5.41) is 10.5. The van der Waals surface area contributed by atoms with E-state index in [9.17, 15) is 9.90 Å². The lowest BCUT2D eigenvalue weighted by Crippen LogP contribution is -2.57. The predicted octanol–water partition coefficient (Wildman–Crippen LogP) is -0.548. The highest BCUT2D eigenvalue weighted by Gasteiger charge is 2.34. The topological polar surface area (TPSA) is 91.9 Å². The molecule has 3 heterocycles. The molecule has 0 aromatic carbocycles. The summed E-state index contributed by atoms with van der Waals surface area (Å²) in [7, 11) is 0. The predicted molar refractivity (Wildman–Crippen MR) is 81.8 cm³/mol. The molecular formula is C15H22N4O3. The Kier molecular flexibility index (Phi) is 4.56. The molecule has 0 unspecified atom stereocenters. The van der Waals surface area contributed by atoms with Crippen molar-refractivity contribution in [3.63, 3.8) is 0 Å². The van der Waals surface area contributed by atoms with Gasteiger partial charge >= 0.3 is 0 Å². The molecule has 0 saturated carbocycles. The van der Waals surface area contributed by atoms with Crippen LogP contribution in [0.2, 0.25) is 0 Å². The fraction of sp³-hybridized carbons (Fsp3) is 0.600. The van der Waals surface area contributed by atoms with Gasteiger partial charge in [0.15, 0.2) is 0 Å². The zero-order valence-corrected chi connectivity index (χ0v) is 12.5. The van der Waals surface area contributed by atoms with Crippen molar-refractivity contribution in [2.75, 3.05) is 44.3 Å². The Bertz CT molecular complexity index is 533. The van der Waals surface area contributed by atoms with Crippen LogP contribution in [-0.2, 0) is 4.74 Å². The molecule has 2 atom stereocenters. The summed E-state index contributed by atoms with van der Waals surface area (Å²) < 4.78 is 5.36. The van der Waals surface area contributed by atoms with Gasteiger partial charge in [0.2, 0.25) is 0 Å². The summed E-state index contributed by atoms with van der Waals surface area (Å²) in [6, 6.07) is 3.51. The molecule has 2 aliphatic heterocycles. The molecule has 2 saturated heterocycles. The second-order valence-electron chi connectivity index (χ2n) is 5.76. The zero-order chi connectivity index (χ0) is 15.5. The second kappa shape index (κ2) is 6.60. The Morgan fingerprint density at radius 2 is 2.14 bits per heavy atom. The van der Waals surface area contributed by atoms with E-state index in [-0.39, 0.29) is 6.04 Å². The molecule has 7 nitrogen and oxygen atoms in total. The summed E-state index contributed by atoms with van der Waals surface area (Å²) in [5.41, 5.74) is 5.81. The molecule has 0 aliphatic carbocycles. The lowest BCUT2D eigenvalue weighted by molar-refractivity contribution is -0.0274. The lowest BCUT2D eigenvalue weighted by Gasteiger charge is -2.43. The standard InChI is InChI=1S/C15H22N4O3/c16-14(21)11-2-1-4-17-15(11)19-5-3-12(13(20)10-19)18-6-8-22-9-7-18/h1-2,4,12-13,20H,3,5-10H2,(H2,16,21)/t12-,13-/m0/s1. The minimum atomic E-state index is -0.493. The van der Waals surface area contributed by atoms with Crippen molar-refractivity contribution in [3.05, 3.63) is 23.9 Å².